The van der Waals surface area contributed by atoms with Crippen molar-refractivity contribution in [2.24, 2.45) is 0 Å². The van der Waals surface area contributed by atoms with E-state index in [1.165, 1.54) is 4.68 Å². The average Bonchev–Trinajstić information content (AvgIpc) is 2.86. The van der Waals surface area contributed by atoms with Crippen molar-refractivity contribution in [2.75, 3.05) is 5.32 Å². The van der Waals surface area contributed by atoms with Crippen LogP contribution in [-0.2, 0) is 24.3 Å². The maximum absolute atomic E-state index is 12.2. The van der Waals surface area contributed by atoms with Crippen LogP contribution in [-0.4, -0.2) is 30.5 Å². The van der Waals surface area contributed by atoms with Gasteiger partial charge in [0.1, 0.15) is 12.4 Å². The molecule has 8 nitrogen and oxygen atoms in total. The van der Waals surface area contributed by atoms with Gasteiger partial charge < -0.3 is 5.32 Å². The third-order valence-corrected chi connectivity index (χ3v) is 3.55. The molecule has 1 amide bonds. The second-order valence-electron chi connectivity index (χ2n) is 5.30. The summed E-state index contributed by atoms with van der Waals surface area (Å²) < 4.78 is 2.91. The smallest absolute Gasteiger partial charge is 0.308 e. The van der Waals surface area contributed by atoms with Crippen LogP contribution in [0.5, 0.6) is 0 Å². The van der Waals surface area contributed by atoms with Gasteiger partial charge >= 0.3 is 5.69 Å². The van der Waals surface area contributed by atoms with E-state index in [9.17, 15) is 9.59 Å². The quantitative estimate of drug-likeness (QED) is 0.857. The summed E-state index contributed by atoms with van der Waals surface area (Å²) in [5, 5.41) is 13.6. The van der Waals surface area contributed by atoms with Crippen molar-refractivity contribution in [2.45, 2.75) is 45.7 Å². The predicted molar refractivity (Wildman–Crippen MR) is 76.0 cm³/mol. The summed E-state index contributed by atoms with van der Waals surface area (Å²) in [5.74, 6) is 0.920. The molecule has 0 atom stereocenters. The highest BCUT2D eigenvalue weighted by atomic mass is 16.2. The first-order valence-corrected chi connectivity index (χ1v) is 7.12. The second kappa shape index (κ2) is 5.55. The van der Waals surface area contributed by atoms with Crippen LogP contribution in [0.15, 0.2) is 10.9 Å². The minimum Gasteiger partial charge on any atom is -0.308 e. The number of hydrogen-bond donors (Lipinski definition) is 2. The molecule has 2 aromatic heterocycles. The molecule has 0 aromatic carbocycles. The summed E-state index contributed by atoms with van der Waals surface area (Å²) >= 11 is 0. The van der Waals surface area contributed by atoms with Crippen molar-refractivity contribution >= 4 is 11.7 Å². The maximum atomic E-state index is 12.2. The van der Waals surface area contributed by atoms with Crippen molar-refractivity contribution in [3.63, 3.8) is 0 Å². The van der Waals surface area contributed by atoms with Crippen molar-refractivity contribution in [1.82, 2.24) is 24.5 Å². The third-order valence-electron chi connectivity index (χ3n) is 3.55. The molecule has 2 aromatic rings. The van der Waals surface area contributed by atoms with Crippen LogP contribution in [0.4, 0.5) is 5.82 Å². The number of nitrogens with zero attached hydrogens (tertiary/aromatic N) is 4. The molecule has 0 aliphatic carbocycles. The molecule has 3 rings (SSSR count). The highest BCUT2D eigenvalue weighted by Crippen LogP contribution is 2.10. The monoisotopic (exact) mass is 290 g/mol. The largest absolute Gasteiger partial charge is 0.346 e. The molecule has 3 heterocycles. The first-order valence-electron chi connectivity index (χ1n) is 7.12. The van der Waals surface area contributed by atoms with Gasteiger partial charge in [0.25, 0.3) is 0 Å². The fourth-order valence-corrected chi connectivity index (χ4v) is 2.53. The molecule has 2 N–H and O–H groups in total. The molecule has 0 bridgehead atoms. The zero-order valence-corrected chi connectivity index (χ0v) is 11.9. The number of rotatable bonds is 3. The Labute approximate surface area is 121 Å². The van der Waals surface area contributed by atoms with Gasteiger partial charge in [-0.2, -0.15) is 10.2 Å². The van der Waals surface area contributed by atoms with Crippen LogP contribution in [0.1, 0.15) is 30.8 Å². The molecule has 8 heteroatoms. The lowest BCUT2D eigenvalue weighted by molar-refractivity contribution is -0.117. The van der Waals surface area contributed by atoms with Crippen LogP contribution in [0.3, 0.4) is 0 Å². The number of anilines is 1. The van der Waals surface area contributed by atoms with Crippen LogP contribution in [0, 0.1) is 6.92 Å². The van der Waals surface area contributed by atoms with E-state index in [-0.39, 0.29) is 18.1 Å². The van der Waals surface area contributed by atoms with Gasteiger partial charge in [-0.1, -0.05) is 6.42 Å². The highest BCUT2D eigenvalue weighted by Gasteiger charge is 2.17. The van der Waals surface area contributed by atoms with E-state index in [0.29, 0.717) is 12.4 Å². The van der Waals surface area contributed by atoms with E-state index in [1.54, 1.807) is 10.6 Å². The molecule has 1 aliphatic heterocycles. The van der Waals surface area contributed by atoms with Crippen molar-refractivity contribution in [1.29, 1.82) is 0 Å². The molecular weight excluding hydrogens is 272 g/mol. The molecule has 21 heavy (non-hydrogen) atoms. The Balaban J connectivity index is 1.73. The minimum absolute atomic E-state index is 0.0925. The van der Waals surface area contributed by atoms with Gasteiger partial charge in [0.2, 0.25) is 5.91 Å². The molecule has 0 saturated carbocycles. The van der Waals surface area contributed by atoms with Gasteiger partial charge in [0.05, 0.1) is 0 Å². The average molecular weight is 290 g/mol. The van der Waals surface area contributed by atoms with E-state index in [2.05, 4.69) is 20.6 Å². The number of H-pyrrole nitrogens is 1. The predicted octanol–water partition coefficient (Wildman–Crippen LogP) is 0.441. The summed E-state index contributed by atoms with van der Waals surface area (Å²) in [6, 6.07) is 1.73. The first-order chi connectivity index (χ1) is 10.1. The van der Waals surface area contributed by atoms with Crippen molar-refractivity contribution in [3.8, 4) is 0 Å². The van der Waals surface area contributed by atoms with E-state index >= 15 is 0 Å². The lowest BCUT2D eigenvalue weighted by atomic mass is 10.2. The van der Waals surface area contributed by atoms with E-state index < -0.39 is 0 Å². The summed E-state index contributed by atoms with van der Waals surface area (Å²) in [7, 11) is 0. The Kier molecular flexibility index (Phi) is 3.59. The number of nitrogens with one attached hydrogen (secondary N) is 2. The highest BCUT2D eigenvalue weighted by molar-refractivity contribution is 5.89. The van der Waals surface area contributed by atoms with Crippen LogP contribution in [0.25, 0.3) is 0 Å². The van der Waals surface area contributed by atoms with Gasteiger partial charge in [-0.3, -0.25) is 14.5 Å². The normalized spacial score (nSPS) is 14.5. The second-order valence-corrected chi connectivity index (χ2v) is 5.30. The van der Waals surface area contributed by atoms with Crippen molar-refractivity contribution < 1.29 is 4.79 Å². The lowest BCUT2D eigenvalue weighted by Gasteiger charge is -2.01. The van der Waals surface area contributed by atoms with Crippen LogP contribution < -0.4 is 11.0 Å². The standard InChI is InChI=1S/C13H18N6O2/c1-9-7-10(16-15-9)14-12(20)8-19-13(21)18-6-4-2-3-5-11(18)17-19/h7H,2-6,8H2,1H3,(H2,14,15,16,20). The molecule has 0 saturated heterocycles. The Morgan fingerprint density at radius 2 is 2.29 bits per heavy atom. The molecule has 0 unspecified atom stereocenters. The van der Waals surface area contributed by atoms with Gasteiger partial charge in [-0.25, -0.2) is 9.48 Å². The molecule has 0 spiro atoms. The number of aromatic amines is 1. The Hall–Kier alpha value is -2.38. The number of hydrogen-bond acceptors (Lipinski definition) is 4. The first kappa shape index (κ1) is 13.6. The zero-order valence-electron chi connectivity index (χ0n) is 11.9. The number of carbonyl (C=O) groups is 1. The Bertz CT molecular complexity index is 711. The number of aromatic nitrogens is 5. The molecule has 1 aliphatic rings. The van der Waals surface area contributed by atoms with Crippen LogP contribution in [0.2, 0.25) is 0 Å². The fourth-order valence-electron chi connectivity index (χ4n) is 2.53. The summed E-state index contributed by atoms with van der Waals surface area (Å²) in [4.78, 5) is 24.2. The summed E-state index contributed by atoms with van der Waals surface area (Å²) in [6.45, 7) is 2.44. The van der Waals surface area contributed by atoms with E-state index in [0.717, 1.165) is 37.2 Å². The summed E-state index contributed by atoms with van der Waals surface area (Å²) in [6.07, 6.45) is 3.93. The SMILES string of the molecule is Cc1cc(NC(=O)Cn2nc3n(c2=O)CCCCC3)n[nH]1. The lowest BCUT2D eigenvalue weighted by Crippen LogP contribution is -2.30. The summed E-state index contributed by atoms with van der Waals surface area (Å²) in [5.41, 5.74) is 0.649. The van der Waals surface area contributed by atoms with Crippen LogP contribution >= 0.6 is 0 Å². The van der Waals surface area contributed by atoms with Gasteiger partial charge in [-0.05, 0) is 19.8 Å². The van der Waals surface area contributed by atoms with Gasteiger partial charge in [0.15, 0.2) is 5.82 Å². The fraction of sp³-hybridized carbons (Fsp3) is 0.538. The molecule has 0 fully saturated rings. The molecular formula is C13H18N6O2. The number of carbonyl (C=O) groups excluding carboxylic acids is 1. The van der Waals surface area contributed by atoms with Gasteiger partial charge in [-0.15, -0.1) is 0 Å². The Morgan fingerprint density at radius 3 is 3.05 bits per heavy atom. The molecule has 0 radical (unpaired) electrons. The number of fused-ring (bicyclic) bond motifs is 1. The number of aryl methyl sites for hydroxylation is 2. The Morgan fingerprint density at radius 1 is 1.43 bits per heavy atom. The zero-order chi connectivity index (χ0) is 14.8. The minimum atomic E-state index is -0.308. The topological polar surface area (TPSA) is 97.6 Å². The maximum Gasteiger partial charge on any atom is 0.346 e. The van der Waals surface area contributed by atoms with Crippen molar-refractivity contribution in [3.05, 3.63) is 28.1 Å². The van der Waals surface area contributed by atoms with E-state index in [4.69, 9.17) is 0 Å². The van der Waals surface area contributed by atoms with E-state index in [1.807, 2.05) is 6.92 Å². The number of amides is 1. The third kappa shape index (κ3) is 2.88. The van der Waals surface area contributed by atoms with Gasteiger partial charge in [0, 0.05) is 24.7 Å². The molecule has 112 valence electrons.